The molecule has 4 rings (SSSR count). The molecular formula is C18H24F2N4O2. The summed E-state index contributed by atoms with van der Waals surface area (Å²) in [7, 11) is 0. The average molecular weight is 366 g/mol. The number of carbonyl (C=O) groups is 1. The maximum Gasteiger partial charge on any atom is 0.303 e. The Hall–Kier alpha value is -1.99. The molecule has 4 atom stereocenters. The van der Waals surface area contributed by atoms with Crippen molar-refractivity contribution in [1.29, 1.82) is 0 Å². The van der Waals surface area contributed by atoms with E-state index in [1.165, 1.54) is 0 Å². The van der Waals surface area contributed by atoms with Gasteiger partial charge in [-0.3, -0.25) is 4.79 Å². The third-order valence-electron chi connectivity index (χ3n) is 6.18. The third kappa shape index (κ3) is 2.79. The van der Waals surface area contributed by atoms with Crippen LogP contribution < -0.4 is 9.80 Å². The first-order valence-corrected chi connectivity index (χ1v) is 9.17. The first kappa shape index (κ1) is 17.4. The van der Waals surface area contributed by atoms with Crippen molar-refractivity contribution >= 4 is 17.7 Å². The molecule has 0 bridgehead atoms. The largest absolute Gasteiger partial charge is 0.481 e. The van der Waals surface area contributed by atoms with Crippen molar-refractivity contribution in [2.75, 3.05) is 29.4 Å². The molecule has 0 aromatic carbocycles. The maximum absolute atomic E-state index is 14.1. The van der Waals surface area contributed by atoms with E-state index in [0.717, 1.165) is 19.9 Å². The lowest BCUT2D eigenvalue weighted by atomic mass is 10.1. The molecule has 142 valence electrons. The fourth-order valence-electron chi connectivity index (χ4n) is 4.50. The van der Waals surface area contributed by atoms with Gasteiger partial charge in [-0.15, -0.1) is 0 Å². The minimum atomic E-state index is -3.03. The summed E-state index contributed by atoms with van der Waals surface area (Å²) in [6.07, 6.45) is 1.20. The minimum Gasteiger partial charge on any atom is -0.481 e. The van der Waals surface area contributed by atoms with Gasteiger partial charge in [-0.25, -0.2) is 4.98 Å². The summed E-state index contributed by atoms with van der Waals surface area (Å²) in [5.41, 5.74) is 0.213. The first-order valence-electron chi connectivity index (χ1n) is 9.17. The van der Waals surface area contributed by atoms with Crippen LogP contribution in [0, 0.1) is 24.7 Å². The highest BCUT2D eigenvalue weighted by Gasteiger charge is 2.56. The molecule has 3 aliphatic rings. The fourth-order valence-corrected chi connectivity index (χ4v) is 4.50. The minimum absolute atomic E-state index is 0.195. The number of nitrogens with zero attached hydrogens (tertiary/aromatic N) is 4. The van der Waals surface area contributed by atoms with Crippen LogP contribution in [0.2, 0.25) is 0 Å². The SMILES string of the molecule is Cc1c(N2C[C@@H]3[C@@H](CC(=O)O)[C@@H]3C2)nc(N2CC[C@@H]2C)nc1C(C)(F)F. The molecular weight excluding hydrogens is 342 g/mol. The normalized spacial score (nSPS) is 30.2. The standard InChI is InChI=1S/C18H24F2N4O2/c1-9-4-5-24(9)17-21-15(18(3,19)20)10(2)16(22-17)23-7-12-11(6-14(25)26)13(12)8-23/h9,11-13H,4-8H2,1-3H3,(H,25,26)/t9-,11-,12-,13+/m0/s1. The van der Waals surface area contributed by atoms with Crippen LogP contribution in [0.15, 0.2) is 0 Å². The Morgan fingerprint density at radius 2 is 1.96 bits per heavy atom. The molecule has 1 N–H and O–H groups in total. The van der Waals surface area contributed by atoms with Gasteiger partial charge in [0.1, 0.15) is 11.5 Å². The molecule has 2 saturated heterocycles. The summed E-state index contributed by atoms with van der Waals surface area (Å²) in [6.45, 7) is 6.72. The van der Waals surface area contributed by atoms with Gasteiger partial charge in [0.15, 0.2) is 0 Å². The first-order chi connectivity index (χ1) is 12.2. The van der Waals surface area contributed by atoms with Gasteiger partial charge in [-0.1, -0.05) is 0 Å². The molecule has 6 nitrogen and oxygen atoms in total. The fraction of sp³-hybridized carbons (Fsp3) is 0.722. The lowest BCUT2D eigenvalue weighted by molar-refractivity contribution is -0.137. The third-order valence-corrected chi connectivity index (χ3v) is 6.18. The van der Waals surface area contributed by atoms with Crippen LogP contribution in [-0.2, 0) is 10.7 Å². The number of anilines is 2. The Morgan fingerprint density at radius 1 is 1.31 bits per heavy atom. The van der Waals surface area contributed by atoms with Gasteiger partial charge in [0.25, 0.3) is 5.92 Å². The van der Waals surface area contributed by atoms with E-state index < -0.39 is 11.9 Å². The van der Waals surface area contributed by atoms with Crippen LogP contribution >= 0.6 is 0 Å². The Bertz CT molecular complexity index is 739. The number of hydrogen-bond acceptors (Lipinski definition) is 5. The van der Waals surface area contributed by atoms with E-state index in [-0.39, 0.29) is 24.1 Å². The predicted molar refractivity (Wildman–Crippen MR) is 92.7 cm³/mol. The van der Waals surface area contributed by atoms with Crippen LogP contribution in [0.5, 0.6) is 0 Å². The summed E-state index contributed by atoms with van der Waals surface area (Å²) in [6, 6.07) is 0.260. The average Bonchev–Trinajstić information content (AvgIpc) is 2.96. The van der Waals surface area contributed by atoms with Crippen molar-refractivity contribution in [3.8, 4) is 0 Å². The van der Waals surface area contributed by atoms with Gasteiger partial charge in [-0.2, -0.15) is 13.8 Å². The van der Waals surface area contributed by atoms with Crippen LogP contribution in [0.3, 0.4) is 0 Å². The number of piperidine rings is 1. The summed E-state index contributed by atoms with van der Waals surface area (Å²) in [4.78, 5) is 23.7. The molecule has 0 unspecified atom stereocenters. The molecule has 3 heterocycles. The molecule has 1 aromatic rings. The highest BCUT2D eigenvalue weighted by Crippen LogP contribution is 2.54. The summed E-state index contributed by atoms with van der Waals surface area (Å²) >= 11 is 0. The second-order valence-electron chi connectivity index (χ2n) is 8.03. The zero-order valence-corrected chi connectivity index (χ0v) is 15.2. The molecule has 1 aliphatic carbocycles. The number of carboxylic acid groups (broad SMARTS) is 1. The number of fused-ring (bicyclic) bond motifs is 1. The molecule has 1 aromatic heterocycles. The summed E-state index contributed by atoms with van der Waals surface area (Å²) in [5.74, 6) is -1.96. The van der Waals surface area contributed by atoms with Crippen molar-refractivity contribution < 1.29 is 18.7 Å². The highest BCUT2D eigenvalue weighted by atomic mass is 19.3. The van der Waals surface area contributed by atoms with Gasteiger partial charge >= 0.3 is 5.97 Å². The number of alkyl halides is 2. The van der Waals surface area contributed by atoms with E-state index >= 15 is 0 Å². The van der Waals surface area contributed by atoms with Crippen molar-refractivity contribution in [3.63, 3.8) is 0 Å². The molecule has 1 saturated carbocycles. The van der Waals surface area contributed by atoms with Crippen LogP contribution in [0.25, 0.3) is 0 Å². The molecule has 3 fully saturated rings. The van der Waals surface area contributed by atoms with Crippen molar-refractivity contribution in [3.05, 3.63) is 11.3 Å². The van der Waals surface area contributed by atoms with E-state index in [1.54, 1.807) is 6.92 Å². The quantitative estimate of drug-likeness (QED) is 0.864. The number of halogens is 2. The monoisotopic (exact) mass is 366 g/mol. The van der Waals surface area contributed by atoms with Gasteiger partial charge in [0.2, 0.25) is 5.95 Å². The van der Waals surface area contributed by atoms with E-state index in [9.17, 15) is 13.6 Å². The molecule has 0 radical (unpaired) electrons. The number of aromatic nitrogens is 2. The predicted octanol–water partition coefficient (Wildman–Crippen LogP) is 2.65. The lowest BCUT2D eigenvalue weighted by Gasteiger charge is -2.39. The summed E-state index contributed by atoms with van der Waals surface area (Å²) in [5, 5.41) is 8.96. The Balaban J connectivity index is 1.62. The maximum atomic E-state index is 14.1. The van der Waals surface area contributed by atoms with Gasteiger partial charge in [-0.05, 0) is 38.0 Å². The number of carboxylic acids is 1. The Kier molecular flexibility index (Phi) is 3.86. The van der Waals surface area contributed by atoms with Crippen LogP contribution in [-0.4, -0.2) is 46.7 Å². The van der Waals surface area contributed by atoms with Crippen LogP contribution in [0.1, 0.15) is 37.9 Å². The number of hydrogen-bond donors (Lipinski definition) is 1. The van der Waals surface area contributed by atoms with E-state index in [0.29, 0.717) is 42.3 Å². The Morgan fingerprint density at radius 3 is 2.42 bits per heavy atom. The van der Waals surface area contributed by atoms with Crippen molar-refractivity contribution in [2.24, 2.45) is 17.8 Å². The zero-order valence-electron chi connectivity index (χ0n) is 15.2. The van der Waals surface area contributed by atoms with Gasteiger partial charge in [0, 0.05) is 44.6 Å². The number of rotatable bonds is 5. The second-order valence-corrected chi connectivity index (χ2v) is 8.03. The second kappa shape index (κ2) is 5.76. The molecule has 8 heteroatoms. The molecule has 0 spiro atoms. The van der Waals surface area contributed by atoms with Crippen molar-refractivity contribution in [2.45, 2.75) is 45.6 Å². The molecule has 26 heavy (non-hydrogen) atoms. The highest BCUT2D eigenvalue weighted by molar-refractivity contribution is 5.68. The molecule has 2 aliphatic heterocycles. The molecule has 0 amide bonds. The number of aliphatic carboxylic acids is 1. The van der Waals surface area contributed by atoms with E-state index in [2.05, 4.69) is 9.97 Å². The van der Waals surface area contributed by atoms with Crippen molar-refractivity contribution in [1.82, 2.24) is 9.97 Å². The summed E-state index contributed by atoms with van der Waals surface area (Å²) < 4.78 is 28.3. The topological polar surface area (TPSA) is 69.6 Å². The Labute approximate surface area is 151 Å². The van der Waals surface area contributed by atoms with Crippen LogP contribution in [0.4, 0.5) is 20.5 Å². The van der Waals surface area contributed by atoms with Gasteiger partial charge < -0.3 is 14.9 Å². The smallest absolute Gasteiger partial charge is 0.303 e. The van der Waals surface area contributed by atoms with E-state index in [4.69, 9.17) is 5.11 Å². The lowest BCUT2D eigenvalue weighted by Crippen LogP contribution is -2.47. The van der Waals surface area contributed by atoms with E-state index in [1.807, 2.05) is 16.7 Å². The zero-order chi connectivity index (χ0) is 18.8. The van der Waals surface area contributed by atoms with Gasteiger partial charge in [0.05, 0.1) is 0 Å².